The first-order chi connectivity index (χ1) is 22.8. The normalized spacial score (nSPS) is 18.9. The molecule has 1 atom stereocenters. The summed E-state index contributed by atoms with van der Waals surface area (Å²) in [6.07, 6.45) is 1.87. The molecule has 0 N–H and O–H groups in total. The minimum Gasteiger partial charge on any atom is -0.497 e. The van der Waals surface area contributed by atoms with Gasteiger partial charge in [-0.05, 0) is 53.9 Å². The number of aryl methyl sites for hydroxylation is 1. The predicted molar refractivity (Wildman–Crippen MR) is 203 cm³/mol. The lowest BCUT2D eigenvalue weighted by Gasteiger charge is -2.34. The molecule has 5 nitrogen and oxygen atoms in total. The summed E-state index contributed by atoms with van der Waals surface area (Å²) < 4.78 is 25.6. The van der Waals surface area contributed by atoms with E-state index in [-0.39, 0.29) is 10.8 Å². The second-order valence-corrected chi connectivity index (χ2v) is 16.6. The SMILES string of the molecule is COc1cc(C)c2c(-c3ccc(Br)cc3)c3n(c2c1)C1(CC3(C)C)CC(C)(C)c2c(-c3ccc(Br)cc3)c3c(OC)cc(OC)cc3n21. The van der Waals surface area contributed by atoms with Crippen molar-refractivity contribution in [2.45, 2.75) is 64.0 Å². The molecule has 4 aromatic carbocycles. The number of aromatic nitrogens is 2. The van der Waals surface area contributed by atoms with Crippen LogP contribution in [0.15, 0.2) is 81.7 Å². The molecule has 0 saturated carbocycles. The summed E-state index contributed by atoms with van der Waals surface area (Å²) in [4.78, 5) is 0. The molecule has 7 heteroatoms. The Balaban J connectivity index is 1.58. The molecule has 0 bridgehead atoms. The molecule has 2 aliphatic rings. The van der Waals surface area contributed by atoms with E-state index in [2.05, 4.69) is 142 Å². The number of nitrogens with zero attached hydrogens (tertiary/aromatic N) is 2. The number of rotatable bonds is 5. The minimum absolute atomic E-state index is 0.157. The quantitative estimate of drug-likeness (QED) is 0.175. The van der Waals surface area contributed by atoms with Gasteiger partial charge in [0.1, 0.15) is 22.9 Å². The molecular formula is C41H40Br2N2O3. The Morgan fingerprint density at radius 1 is 0.583 bits per heavy atom. The Bertz CT molecular complexity index is 2270. The highest BCUT2D eigenvalue weighted by Crippen LogP contribution is 2.64. The van der Waals surface area contributed by atoms with Crippen LogP contribution < -0.4 is 14.2 Å². The van der Waals surface area contributed by atoms with Gasteiger partial charge in [-0.25, -0.2) is 0 Å². The summed E-state index contributed by atoms with van der Waals surface area (Å²) in [5.41, 5.74) is 10.4. The number of halogens is 2. The van der Waals surface area contributed by atoms with Crippen molar-refractivity contribution >= 4 is 53.7 Å². The predicted octanol–water partition coefficient (Wildman–Crippen LogP) is 11.4. The molecule has 8 rings (SSSR count). The fraction of sp³-hybridized carbons (Fsp3) is 0.317. The maximum Gasteiger partial charge on any atom is 0.132 e. The second kappa shape index (κ2) is 10.7. The first kappa shape index (κ1) is 31.6. The zero-order chi connectivity index (χ0) is 33.9. The summed E-state index contributed by atoms with van der Waals surface area (Å²) in [6, 6.07) is 26.2. The number of hydrogen-bond acceptors (Lipinski definition) is 3. The van der Waals surface area contributed by atoms with Crippen LogP contribution in [-0.2, 0) is 16.5 Å². The van der Waals surface area contributed by atoms with E-state index in [1.54, 1.807) is 21.3 Å². The van der Waals surface area contributed by atoms with Crippen molar-refractivity contribution in [1.29, 1.82) is 0 Å². The van der Waals surface area contributed by atoms with Crippen LogP contribution in [0.5, 0.6) is 17.2 Å². The monoisotopic (exact) mass is 766 g/mol. The Morgan fingerprint density at radius 3 is 1.48 bits per heavy atom. The molecule has 1 unspecified atom stereocenters. The fourth-order valence-electron chi connectivity index (χ4n) is 9.34. The average molecular weight is 769 g/mol. The molecule has 0 amide bonds. The van der Waals surface area contributed by atoms with Crippen molar-refractivity contribution in [1.82, 2.24) is 9.13 Å². The van der Waals surface area contributed by atoms with Gasteiger partial charge in [-0.1, -0.05) is 83.8 Å². The Kier molecular flexibility index (Phi) is 7.01. The smallest absolute Gasteiger partial charge is 0.132 e. The molecule has 0 fully saturated rings. The molecule has 0 aliphatic carbocycles. The number of fused-ring (bicyclic) bond motifs is 8. The lowest BCUT2D eigenvalue weighted by Crippen LogP contribution is -2.37. The van der Waals surface area contributed by atoms with Gasteiger partial charge in [0.25, 0.3) is 0 Å². The van der Waals surface area contributed by atoms with E-state index >= 15 is 0 Å². The molecule has 48 heavy (non-hydrogen) atoms. The highest BCUT2D eigenvalue weighted by Gasteiger charge is 2.59. The number of benzene rings is 4. The maximum atomic E-state index is 6.18. The van der Waals surface area contributed by atoms with Gasteiger partial charge in [0, 0.05) is 78.7 Å². The van der Waals surface area contributed by atoms with Crippen molar-refractivity contribution in [3.05, 3.63) is 98.7 Å². The third-order valence-corrected chi connectivity index (χ3v) is 11.8. The van der Waals surface area contributed by atoms with Crippen LogP contribution in [0.3, 0.4) is 0 Å². The van der Waals surface area contributed by atoms with Crippen LogP contribution in [0.4, 0.5) is 0 Å². The number of hydrogen-bond donors (Lipinski definition) is 0. The van der Waals surface area contributed by atoms with Crippen LogP contribution in [0, 0.1) is 6.92 Å². The largest absolute Gasteiger partial charge is 0.497 e. The van der Waals surface area contributed by atoms with E-state index in [0.717, 1.165) is 49.9 Å². The van der Waals surface area contributed by atoms with Gasteiger partial charge in [-0.15, -0.1) is 0 Å². The molecule has 0 radical (unpaired) electrons. The number of ether oxygens (including phenoxy) is 3. The zero-order valence-corrected chi connectivity index (χ0v) is 31.9. The second-order valence-electron chi connectivity index (χ2n) is 14.8. The number of methoxy groups -OCH3 is 3. The summed E-state index contributed by atoms with van der Waals surface area (Å²) in [5.74, 6) is 2.47. The van der Waals surface area contributed by atoms with E-state index in [4.69, 9.17) is 14.2 Å². The van der Waals surface area contributed by atoms with Gasteiger partial charge in [-0.3, -0.25) is 0 Å². The molecule has 2 aliphatic heterocycles. The molecule has 2 aromatic heterocycles. The van der Waals surface area contributed by atoms with E-state index in [1.165, 1.54) is 50.1 Å². The fourth-order valence-corrected chi connectivity index (χ4v) is 9.87. The van der Waals surface area contributed by atoms with E-state index in [0.29, 0.717) is 0 Å². The van der Waals surface area contributed by atoms with Gasteiger partial charge < -0.3 is 23.3 Å². The highest BCUT2D eigenvalue weighted by atomic mass is 79.9. The van der Waals surface area contributed by atoms with Crippen LogP contribution in [0.2, 0.25) is 0 Å². The van der Waals surface area contributed by atoms with Crippen LogP contribution in [-0.4, -0.2) is 30.5 Å². The third-order valence-electron chi connectivity index (χ3n) is 10.8. The molecule has 1 spiro atoms. The van der Waals surface area contributed by atoms with Crippen LogP contribution in [0.1, 0.15) is 57.5 Å². The standard InChI is InChI=1S/C41H40Br2N2O3/c1-23-17-28(46-6)18-30-33(23)34(24-9-13-26(42)14-10-24)37-39(2,3)21-41(44(30)37)22-40(4,5)38-35(25-11-15-27(43)16-12-25)36-31(45(38)41)19-29(47-7)20-32(36)48-8/h9-20H,21-22H2,1-8H3. The van der Waals surface area contributed by atoms with Gasteiger partial charge in [0.2, 0.25) is 0 Å². The maximum absolute atomic E-state index is 6.18. The summed E-state index contributed by atoms with van der Waals surface area (Å²) in [6.45, 7) is 11.9. The molecular weight excluding hydrogens is 728 g/mol. The van der Waals surface area contributed by atoms with Crippen molar-refractivity contribution in [2.75, 3.05) is 21.3 Å². The van der Waals surface area contributed by atoms with Crippen molar-refractivity contribution in [3.63, 3.8) is 0 Å². The summed E-state index contributed by atoms with van der Waals surface area (Å²) in [7, 11) is 5.27. The lowest BCUT2D eigenvalue weighted by atomic mass is 9.76. The van der Waals surface area contributed by atoms with Crippen LogP contribution >= 0.6 is 31.9 Å². The van der Waals surface area contributed by atoms with Crippen molar-refractivity contribution < 1.29 is 14.2 Å². The van der Waals surface area contributed by atoms with Crippen molar-refractivity contribution in [3.8, 4) is 39.5 Å². The van der Waals surface area contributed by atoms with E-state index in [1.807, 2.05) is 6.07 Å². The first-order valence-corrected chi connectivity index (χ1v) is 18.0. The molecule has 246 valence electrons. The molecule has 0 saturated heterocycles. The van der Waals surface area contributed by atoms with Crippen LogP contribution in [0.25, 0.3) is 44.1 Å². The zero-order valence-electron chi connectivity index (χ0n) is 28.7. The first-order valence-electron chi connectivity index (χ1n) is 16.4. The molecule has 6 aromatic rings. The minimum atomic E-state index is -0.411. The highest BCUT2D eigenvalue weighted by molar-refractivity contribution is 9.10. The molecule has 4 heterocycles. The van der Waals surface area contributed by atoms with E-state index in [9.17, 15) is 0 Å². The van der Waals surface area contributed by atoms with Crippen molar-refractivity contribution in [2.24, 2.45) is 0 Å². The van der Waals surface area contributed by atoms with E-state index < -0.39 is 5.66 Å². The van der Waals surface area contributed by atoms with Gasteiger partial charge in [0.15, 0.2) is 0 Å². The third kappa shape index (κ3) is 4.25. The van der Waals surface area contributed by atoms with Gasteiger partial charge >= 0.3 is 0 Å². The van der Waals surface area contributed by atoms with Gasteiger partial charge in [-0.2, -0.15) is 0 Å². The Hall–Kier alpha value is -3.68. The average Bonchev–Trinajstić information content (AvgIpc) is 3.73. The summed E-state index contributed by atoms with van der Waals surface area (Å²) in [5, 5.41) is 2.40. The topological polar surface area (TPSA) is 37.6 Å². The summed E-state index contributed by atoms with van der Waals surface area (Å²) >= 11 is 7.35. The Labute approximate surface area is 299 Å². The van der Waals surface area contributed by atoms with Gasteiger partial charge in [0.05, 0.1) is 37.7 Å². The Morgan fingerprint density at radius 2 is 1.02 bits per heavy atom. The lowest BCUT2D eigenvalue weighted by molar-refractivity contribution is 0.222.